The minimum atomic E-state index is -1.23. The molecule has 1 atom stereocenters. The second-order valence-electron chi connectivity index (χ2n) is 4.91. The number of carbonyl (C=O) groups excluding carboxylic acids is 1. The molecule has 0 aliphatic carbocycles. The van der Waals surface area contributed by atoms with Gasteiger partial charge in [0.1, 0.15) is 17.4 Å². The van der Waals surface area contributed by atoms with E-state index in [1.807, 2.05) is 0 Å². The van der Waals surface area contributed by atoms with Crippen molar-refractivity contribution in [2.24, 2.45) is 5.92 Å². The van der Waals surface area contributed by atoms with Crippen LogP contribution in [0.15, 0.2) is 18.2 Å². The molecule has 0 aliphatic heterocycles. The number of hydrogen-bond acceptors (Lipinski definition) is 4. The normalized spacial score (nSPS) is 12.0. The van der Waals surface area contributed by atoms with Gasteiger partial charge >= 0.3 is 5.97 Å². The lowest BCUT2D eigenvalue weighted by molar-refractivity contribution is -0.385. The zero-order valence-electron chi connectivity index (χ0n) is 11.5. The molecule has 2 N–H and O–H groups in total. The molecule has 0 spiro atoms. The molecule has 0 bridgehead atoms. The summed E-state index contributed by atoms with van der Waals surface area (Å²) in [4.78, 5) is 33.0. The second-order valence-corrected chi connectivity index (χ2v) is 4.91. The van der Waals surface area contributed by atoms with Gasteiger partial charge in [-0.3, -0.25) is 14.9 Å². The molecule has 1 aromatic rings. The molecule has 0 saturated carbocycles. The molecule has 0 saturated heterocycles. The van der Waals surface area contributed by atoms with Crippen molar-refractivity contribution >= 4 is 17.6 Å². The van der Waals surface area contributed by atoms with E-state index < -0.39 is 34.3 Å². The van der Waals surface area contributed by atoms with Gasteiger partial charge < -0.3 is 10.4 Å². The molecule has 8 heteroatoms. The number of halogens is 1. The van der Waals surface area contributed by atoms with Crippen molar-refractivity contribution in [1.29, 1.82) is 0 Å². The highest BCUT2D eigenvalue weighted by molar-refractivity contribution is 5.99. The predicted molar refractivity (Wildman–Crippen MR) is 71.4 cm³/mol. The van der Waals surface area contributed by atoms with Gasteiger partial charge in [-0.1, -0.05) is 13.8 Å². The van der Waals surface area contributed by atoms with Crippen LogP contribution >= 0.6 is 0 Å². The SMILES string of the molecule is CC(C)CC(NC(=O)c1ccc(F)cc1[N+](=O)[O-])C(=O)O. The third-order valence-electron chi connectivity index (χ3n) is 2.71. The number of carboxylic acid groups (broad SMARTS) is 1. The molecule has 0 heterocycles. The fourth-order valence-electron chi connectivity index (χ4n) is 1.78. The van der Waals surface area contributed by atoms with E-state index in [2.05, 4.69) is 5.32 Å². The van der Waals surface area contributed by atoms with E-state index >= 15 is 0 Å². The highest BCUT2D eigenvalue weighted by Crippen LogP contribution is 2.20. The second kappa shape index (κ2) is 6.78. The summed E-state index contributed by atoms with van der Waals surface area (Å²) < 4.78 is 13.0. The summed E-state index contributed by atoms with van der Waals surface area (Å²) in [7, 11) is 0. The van der Waals surface area contributed by atoms with Gasteiger partial charge in [-0.05, 0) is 24.5 Å². The molecule has 1 rings (SSSR count). The number of carbonyl (C=O) groups is 2. The van der Waals surface area contributed by atoms with E-state index in [1.54, 1.807) is 13.8 Å². The number of nitrogens with one attached hydrogen (secondary N) is 1. The van der Waals surface area contributed by atoms with Crippen molar-refractivity contribution in [2.45, 2.75) is 26.3 Å². The summed E-state index contributed by atoms with van der Waals surface area (Å²) in [5.74, 6) is -3.00. The van der Waals surface area contributed by atoms with Crippen LogP contribution in [-0.4, -0.2) is 27.9 Å². The number of aliphatic carboxylic acids is 1. The maximum atomic E-state index is 13.0. The monoisotopic (exact) mass is 298 g/mol. The third kappa shape index (κ3) is 4.51. The molecule has 1 aromatic carbocycles. The molecular formula is C13H15FN2O5. The quantitative estimate of drug-likeness (QED) is 0.616. The van der Waals surface area contributed by atoms with Crippen molar-refractivity contribution in [3.05, 3.63) is 39.7 Å². The Bertz CT molecular complexity index is 574. The topological polar surface area (TPSA) is 110 Å². The Balaban J connectivity index is 3.03. The number of hydrogen-bond donors (Lipinski definition) is 2. The Morgan fingerprint density at radius 1 is 1.43 bits per heavy atom. The van der Waals surface area contributed by atoms with E-state index in [1.165, 1.54) is 0 Å². The van der Waals surface area contributed by atoms with Gasteiger partial charge in [-0.2, -0.15) is 0 Å². The number of rotatable bonds is 6. The van der Waals surface area contributed by atoms with Crippen molar-refractivity contribution < 1.29 is 24.0 Å². The van der Waals surface area contributed by atoms with Crippen LogP contribution in [0, 0.1) is 21.8 Å². The highest BCUT2D eigenvalue weighted by Gasteiger charge is 2.26. The molecule has 1 unspecified atom stereocenters. The van der Waals surface area contributed by atoms with E-state index in [4.69, 9.17) is 5.11 Å². The first kappa shape index (κ1) is 16.5. The van der Waals surface area contributed by atoms with Gasteiger partial charge in [-0.25, -0.2) is 9.18 Å². The fraction of sp³-hybridized carbons (Fsp3) is 0.385. The third-order valence-corrected chi connectivity index (χ3v) is 2.71. The number of nitro benzene ring substituents is 1. The fourth-order valence-corrected chi connectivity index (χ4v) is 1.78. The number of nitrogens with zero attached hydrogens (tertiary/aromatic N) is 1. The minimum Gasteiger partial charge on any atom is -0.480 e. The highest BCUT2D eigenvalue weighted by atomic mass is 19.1. The largest absolute Gasteiger partial charge is 0.480 e. The number of benzene rings is 1. The Morgan fingerprint density at radius 3 is 2.52 bits per heavy atom. The molecule has 0 aromatic heterocycles. The Kier molecular flexibility index (Phi) is 5.34. The first-order valence-corrected chi connectivity index (χ1v) is 6.20. The number of carboxylic acids is 1. The van der Waals surface area contributed by atoms with Crippen LogP contribution in [0.2, 0.25) is 0 Å². The van der Waals surface area contributed by atoms with Crippen molar-refractivity contribution in [3.63, 3.8) is 0 Å². The van der Waals surface area contributed by atoms with Crippen molar-refractivity contribution in [2.75, 3.05) is 0 Å². The molecule has 0 radical (unpaired) electrons. The van der Waals surface area contributed by atoms with Crippen LogP contribution in [0.4, 0.5) is 10.1 Å². The summed E-state index contributed by atoms with van der Waals surface area (Å²) in [6.45, 7) is 3.56. The molecule has 21 heavy (non-hydrogen) atoms. The maximum Gasteiger partial charge on any atom is 0.326 e. The summed E-state index contributed by atoms with van der Waals surface area (Å²) in [6, 6.07) is 1.31. The van der Waals surface area contributed by atoms with Crippen LogP contribution in [0.1, 0.15) is 30.6 Å². The Labute approximate surface area is 119 Å². The number of amides is 1. The van der Waals surface area contributed by atoms with E-state index in [9.17, 15) is 24.1 Å². The molecular weight excluding hydrogens is 283 g/mol. The number of nitro groups is 1. The zero-order valence-corrected chi connectivity index (χ0v) is 11.5. The average molecular weight is 298 g/mol. The lowest BCUT2D eigenvalue weighted by Crippen LogP contribution is -2.41. The van der Waals surface area contributed by atoms with E-state index in [0.29, 0.717) is 6.07 Å². The smallest absolute Gasteiger partial charge is 0.326 e. The Hall–Kier alpha value is -2.51. The van der Waals surface area contributed by atoms with Crippen molar-refractivity contribution in [3.8, 4) is 0 Å². The zero-order chi connectivity index (χ0) is 16.2. The van der Waals surface area contributed by atoms with E-state index in [-0.39, 0.29) is 17.9 Å². The van der Waals surface area contributed by atoms with Gasteiger partial charge in [0.2, 0.25) is 0 Å². The molecule has 7 nitrogen and oxygen atoms in total. The lowest BCUT2D eigenvalue weighted by Gasteiger charge is -2.16. The summed E-state index contributed by atoms with van der Waals surface area (Å²) in [5, 5.41) is 22.1. The summed E-state index contributed by atoms with van der Waals surface area (Å²) in [5.41, 5.74) is -1.09. The summed E-state index contributed by atoms with van der Waals surface area (Å²) in [6.07, 6.45) is 0.177. The molecule has 0 fully saturated rings. The van der Waals surface area contributed by atoms with Crippen LogP contribution in [0.25, 0.3) is 0 Å². The lowest BCUT2D eigenvalue weighted by atomic mass is 10.0. The minimum absolute atomic E-state index is 0.00889. The van der Waals surface area contributed by atoms with Gasteiger partial charge in [0, 0.05) is 0 Å². The van der Waals surface area contributed by atoms with Crippen LogP contribution in [0.5, 0.6) is 0 Å². The van der Waals surface area contributed by atoms with Gasteiger partial charge in [0.15, 0.2) is 0 Å². The molecule has 0 aliphatic rings. The average Bonchev–Trinajstić information content (AvgIpc) is 2.36. The summed E-state index contributed by atoms with van der Waals surface area (Å²) >= 11 is 0. The maximum absolute atomic E-state index is 13.0. The van der Waals surface area contributed by atoms with Gasteiger partial charge in [-0.15, -0.1) is 0 Å². The van der Waals surface area contributed by atoms with Crippen LogP contribution in [0.3, 0.4) is 0 Å². The Morgan fingerprint density at radius 2 is 2.05 bits per heavy atom. The first-order chi connectivity index (χ1) is 9.72. The van der Waals surface area contributed by atoms with Crippen LogP contribution < -0.4 is 5.32 Å². The van der Waals surface area contributed by atoms with Crippen molar-refractivity contribution in [1.82, 2.24) is 5.32 Å². The predicted octanol–water partition coefficient (Wildman–Crippen LogP) is 1.96. The standard InChI is InChI=1S/C13H15FN2O5/c1-7(2)5-10(13(18)19)15-12(17)9-4-3-8(14)6-11(9)16(20)21/h3-4,6-7,10H,5H2,1-2H3,(H,15,17)(H,18,19). The van der Waals surface area contributed by atoms with Gasteiger partial charge in [0.25, 0.3) is 11.6 Å². The van der Waals surface area contributed by atoms with Crippen LogP contribution in [-0.2, 0) is 4.79 Å². The van der Waals surface area contributed by atoms with Gasteiger partial charge in [0.05, 0.1) is 11.0 Å². The molecule has 114 valence electrons. The van der Waals surface area contributed by atoms with E-state index in [0.717, 1.165) is 12.1 Å². The first-order valence-electron chi connectivity index (χ1n) is 6.20. The molecule has 1 amide bonds.